The molecule has 130 valence electrons. The van der Waals surface area contributed by atoms with Crippen molar-refractivity contribution in [1.29, 1.82) is 0 Å². The molecule has 5 nitrogen and oxygen atoms in total. The Bertz CT molecular complexity index is 789. The van der Waals surface area contributed by atoms with E-state index in [1.807, 2.05) is 0 Å². The summed E-state index contributed by atoms with van der Waals surface area (Å²) in [5, 5.41) is 5.48. The van der Waals surface area contributed by atoms with E-state index in [1.54, 1.807) is 24.3 Å². The van der Waals surface area contributed by atoms with E-state index in [0.29, 0.717) is 18.0 Å². The minimum Gasteiger partial charge on any atom is -0.368 e. The van der Waals surface area contributed by atoms with E-state index in [1.165, 1.54) is 12.1 Å². The number of rotatable bonds is 4. The van der Waals surface area contributed by atoms with E-state index in [4.69, 9.17) is 16.3 Å². The predicted octanol–water partition coefficient (Wildman–Crippen LogP) is 3.85. The van der Waals surface area contributed by atoms with Gasteiger partial charge in [0.15, 0.2) is 0 Å². The van der Waals surface area contributed by atoms with Crippen LogP contribution in [0.1, 0.15) is 23.2 Å². The number of halogens is 2. The van der Waals surface area contributed by atoms with Crippen molar-refractivity contribution in [3.63, 3.8) is 0 Å². The SMILES string of the molecule is O=C(Nc1ccc(NC(=O)C2CCCO2)cc1)c1ccc(F)cc1Cl. The lowest BCUT2D eigenvalue weighted by Crippen LogP contribution is -2.26. The lowest BCUT2D eigenvalue weighted by atomic mass is 10.2. The summed E-state index contributed by atoms with van der Waals surface area (Å²) in [5.74, 6) is -1.12. The van der Waals surface area contributed by atoms with Crippen molar-refractivity contribution in [2.75, 3.05) is 17.2 Å². The van der Waals surface area contributed by atoms with Crippen molar-refractivity contribution >= 4 is 34.8 Å². The first-order valence-electron chi connectivity index (χ1n) is 7.82. The number of anilines is 2. The number of hydrogen-bond acceptors (Lipinski definition) is 3. The van der Waals surface area contributed by atoms with Gasteiger partial charge < -0.3 is 15.4 Å². The van der Waals surface area contributed by atoms with Gasteiger partial charge in [0.2, 0.25) is 0 Å². The summed E-state index contributed by atoms with van der Waals surface area (Å²) in [7, 11) is 0. The van der Waals surface area contributed by atoms with E-state index in [0.717, 1.165) is 18.9 Å². The predicted molar refractivity (Wildman–Crippen MR) is 93.4 cm³/mol. The van der Waals surface area contributed by atoms with Gasteiger partial charge in [0.25, 0.3) is 11.8 Å². The van der Waals surface area contributed by atoms with Crippen LogP contribution in [0, 0.1) is 5.82 Å². The second kappa shape index (κ2) is 7.63. The molecule has 2 N–H and O–H groups in total. The van der Waals surface area contributed by atoms with Gasteiger partial charge in [-0.1, -0.05) is 11.6 Å². The number of hydrogen-bond donors (Lipinski definition) is 2. The summed E-state index contributed by atoms with van der Waals surface area (Å²) in [5.41, 5.74) is 1.32. The first kappa shape index (κ1) is 17.4. The number of benzene rings is 2. The highest BCUT2D eigenvalue weighted by atomic mass is 35.5. The molecule has 1 unspecified atom stereocenters. The number of amides is 2. The van der Waals surface area contributed by atoms with Gasteiger partial charge in [-0.3, -0.25) is 9.59 Å². The third-order valence-corrected chi connectivity index (χ3v) is 4.12. The third kappa shape index (κ3) is 4.35. The molecule has 1 saturated heterocycles. The maximum absolute atomic E-state index is 13.0. The second-order valence-electron chi connectivity index (χ2n) is 5.65. The zero-order valence-electron chi connectivity index (χ0n) is 13.2. The van der Waals surface area contributed by atoms with Gasteiger partial charge in [-0.15, -0.1) is 0 Å². The Morgan fingerprint density at radius 2 is 1.76 bits per heavy atom. The summed E-state index contributed by atoms with van der Waals surface area (Å²) in [4.78, 5) is 24.2. The number of ether oxygens (including phenoxy) is 1. The molecule has 0 radical (unpaired) electrons. The van der Waals surface area contributed by atoms with Crippen LogP contribution in [0.25, 0.3) is 0 Å². The quantitative estimate of drug-likeness (QED) is 0.868. The number of carbonyl (C=O) groups excluding carboxylic acids is 2. The molecular formula is C18H16ClFN2O3. The Labute approximate surface area is 149 Å². The highest BCUT2D eigenvalue weighted by Crippen LogP contribution is 2.21. The Kier molecular flexibility index (Phi) is 5.31. The van der Waals surface area contributed by atoms with Crippen molar-refractivity contribution in [2.24, 2.45) is 0 Å². The average Bonchev–Trinajstić information content (AvgIpc) is 3.11. The Morgan fingerprint density at radius 3 is 2.36 bits per heavy atom. The molecule has 2 aromatic rings. The fourth-order valence-corrected chi connectivity index (χ4v) is 2.77. The van der Waals surface area contributed by atoms with Gasteiger partial charge >= 0.3 is 0 Å². The molecule has 0 saturated carbocycles. The minimum atomic E-state index is -0.507. The van der Waals surface area contributed by atoms with Gasteiger partial charge in [0.1, 0.15) is 11.9 Å². The molecule has 1 aliphatic heterocycles. The maximum atomic E-state index is 13.0. The van der Waals surface area contributed by atoms with E-state index >= 15 is 0 Å². The van der Waals surface area contributed by atoms with E-state index in [9.17, 15) is 14.0 Å². The van der Waals surface area contributed by atoms with Crippen molar-refractivity contribution in [3.05, 3.63) is 58.9 Å². The molecule has 3 rings (SSSR count). The topological polar surface area (TPSA) is 67.4 Å². The summed E-state index contributed by atoms with van der Waals surface area (Å²) in [6.45, 7) is 0.606. The molecule has 1 aliphatic rings. The van der Waals surface area contributed by atoms with Crippen LogP contribution in [0.3, 0.4) is 0 Å². The monoisotopic (exact) mass is 362 g/mol. The summed E-state index contributed by atoms with van der Waals surface area (Å²) in [6, 6.07) is 10.2. The molecule has 2 amide bonds. The first-order chi connectivity index (χ1) is 12.0. The van der Waals surface area contributed by atoms with E-state index in [2.05, 4.69) is 10.6 Å². The van der Waals surface area contributed by atoms with E-state index < -0.39 is 17.8 Å². The molecule has 0 spiro atoms. The van der Waals surface area contributed by atoms with Gasteiger partial charge in [-0.25, -0.2) is 4.39 Å². The van der Waals surface area contributed by atoms with Crippen molar-refractivity contribution in [2.45, 2.75) is 18.9 Å². The average molecular weight is 363 g/mol. The Balaban J connectivity index is 1.62. The highest BCUT2D eigenvalue weighted by Gasteiger charge is 2.23. The fraction of sp³-hybridized carbons (Fsp3) is 0.222. The minimum absolute atomic E-state index is 0.0398. The smallest absolute Gasteiger partial charge is 0.257 e. The molecule has 7 heteroatoms. The van der Waals surface area contributed by atoms with Gasteiger partial charge in [0, 0.05) is 18.0 Å². The van der Waals surface area contributed by atoms with Crippen LogP contribution in [0.2, 0.25) is 5.02 Å². The van der Waals surface area contributed by atoms with Crippen LogP contribution in [-0.4, -0.2) is 24.5 Å². The van der Waals surface area contributed by atoms with Crippen LogP contribution in [0.4, 0.5) is 15.8 Å². The van der Waals surface area contributed by atoms with Crippen LogP contribution in [-0.2, 0) is 9.53 Å². The molecule has 1 atom stereocenters. The molecule has 0 aromatic heterocycles. The maximum Gasteiger partial charge on any atom is 0.257 e. The van der Waals surface area contributed by atoms with Crippen LogP contribution in [0.15, 0.2) is 42.5 Å². The molecule has 0 aliphatic carbocycles. The standard InChI is InChI=1S/C18H16ClFN2O3/c19-15-10-11(20)3-8-14(15)17(23)21-12-4-6-13(7-5-12)22-18(24)16-2-1-9-25-16/h3-8,10,16H,1-2,9H2,(H,21,23)(H,22,24). The molecule has 1 heterocycles. The zero-order chi connectivity index (χ0) is 17.8. The van der Waals surface area contributed by atoms with Crippen LogP contribution in [0.5, 0.6) is 0 Å². The highest BCUT2D eigenvalue weighted by molar-refractivity contribution is 6.34. The zero-order valence-corrected chi connectivity index (χ0v) is 14.0. The number of nitrogens with one attached hydrogen (secondary N) is 2. The molecule has 25 heavy (non-hydrogen) atoms. The Hall–Kier alpha value is -2.44. The summed E-state index contributed by atoms with van der Waals surface area (Å²) in [6.07, 6.45) is 1.20. The summed E-state index contributed by atoms with van der Waals surface area (Å²) < 4.78 is 18.4. The first-order valence-corrected chi connectivity index (χ1v) is 8.19. The fourth-order valence-electron chi connectivity index (χ4n) is 2.52. The molecule has 2 aromatic carbocycles. The third-order valence-electron chi connectivity index (χ3n) is 3.81. The van der Waals surface area contributed by atoms with Gasteiger partial charge in [-0.05, 0) is 55.3 Å². The van der Waals surface area contributed by atoms with Crippen LogP contribution >= 0.6 is 11.6 Å². The molecular weight excluding hydrogens is 347 g/mol. The van der Waals surface area contributed by atoms with Crippen molar-refractivity contribution < 1.29 is 18.7 Å². The van der Waals surface area contributed by atoms with E-state index in [-0.39, 0.29) is 16.5 Å². The van der Waals surface area contributed by atoms with Gasteiger partial charge in [-0.2, -0.15) is 0 Å². The lowest BCUT2D eigenvalue weighted by molar-refractivity contribution is -0.124. The van der Waals surface area contributed by atoms with Gasteiger partial charge in [0.05, 0.1) is 10.6 Å². The number of carbonyl (C=O) groups is 2. The van der Waals surface area contributed by atoms with Crippen molar-refractivity contribution in [1.82, 2.24) is 0 Å². The second-order valence-corrected chi connectivity index (χ2v) is 6.05. The normalized spacial score (nSPS) is 16.5. The summed E-state index contributed by atoms with van der Waals surface area (Å²) >= 11 is 5.88. The van der Waals surface area contributed by atoms with Crippen LogP contribution < -0.4 is 10.6 Å². The lowest BCUT2D eigenvalue weighted by Gasteiger charge is -2.11. The molecule has 0 bridgehead atoms. The van der Waals surface area contributed by atoms with Crippen molar-refractivity contribution in [3.8, 4) is 0 Å². The Morgan fingerprint density at radius 1 is 1.08 bits per heavy atom. The largest absolute Gasteiger partial charge is 0.368 e. The molecule has 1 fully saturated rings.